The SMILES string of the molecule is CCc1ccccc1N1C(=O)C[C@H](c2c(C)[nH]n(-c3nc4ccccc4o3)c2=O)C1=O. The summed E-state index contributed by atoms with van der Waals surface area (Å²) in [5.41, 5.74) is 2.97. The number of carbonyl (C=O) groups is 2. The fourth-order valence-corrected chi connectivity index (χ4v) is 4.20. The summed E-state index contributed by atoms with van der Waals surface area (Å²) >= 11 is 0. The van der Waals surface area contributed by atoms with E-state index in [1.165, 1.54) is 9.58 Å². The van der Waals surface area contributed by atoms with Gasteiger partial charge in [-0.15, -0.1) is 0 Å². The van der Waals surface area contributed by atoms with Gasteiger partial charge in [-0.25, -0.2) is 4.90 Å². The molecule has 31 heavy (non-hydrogen) atoms. The summed E-state index contributed by atoms with van der Waals surface area (Å²) in [6.45, 7) is 3.67. The zero-order valence-electron chi connectivity index (χ0n) is 17.1. The van der Waals surface area contributed by atoms with E-state index >= 15 is 0 Å². The van der Waals surface area contributed by atoms with E-state index in [0.29, 0.717) is 28.9 Å². The van der Waals surface area contributed by atoms with Crippen LogP contribution in [0, 0.1) is 6.92 Å². The highest BCUT2D eigenvalue weighted by Crippen LogP contribution is 2.35. The topological polar surface area (TPSA) is 101 Å². The van der Waals surface area contributed by atoms with Crippen LogP contribution in [0.15, 0.2) is 57.7 Å². The van der Waals surface area contributed by atoms with Crippen molar-refractivity contribution in [2.75, 3.05) is 4.90 Å². The van der Waals surface area contributed by atoms with Gasteiger partial charge in [-0.05, 0) is 37.1 Å². The first-order chi connectivity index (χ1) is 15.0. The molecule has 156 valence electrons. The lowest BCUT2D eigenvalue weighted by Crippen LogP contribution is -2.32. The van der Waals surface area contributed by atoms with Gasteiger partial charge in [0.05, 0.1) is 17.2 Å². The summed E-state index contributed by atoms with van der Waals surface area (Å²) in [6.07, 6.45) is 0.629. The van der Waals surface area contributed by atoms with E-state index in [0.717, 1.165) is 5.56 Å². The summed E-state index contributed by atoms with van der Waals surface area (Å²) in [4.78, 5) is 44.9. The summed E-state index contributed by atoms with van der Waals surface area (Å²) in [7, 11) is 0. The van der Waals surface area contributed by atoms with Crippen molar-refractivity contribution in [3.63, 3.8) is 0 Å². The van der Waals surface area contributed by atoms with Gasteiger partial charge in [0.15, 0.2) is 5.58 Å². The molecule has 0 spiro atoms. The van der Waals surface area contributed by atoms with Gasteiger partial charge in [0, 0.05) is 12.1 Å². The van der Waals surface area contributed by atoms with Crippen LogP contribution >= 0.6 is 0 Å². The van der Waals surface area contributed by atoms with Gasteiger partial charge in [0.2, 0.25) is 11.8 Å². The molecule has 0 saturated carbocycles. The second-order valence-electron chi connectivity index (χ2n) is 7.56. The van der Waals surface area contributed by atoms with Crippen molar-refractivity contribution in [2.24, 2.45) is 0 Å². The molecule has 0 radical (unpaired) electrons. The van der Waals surface area contributed by atoms with Gasteiger partial charge in [0.1, 0.15) is 5.52 Å². The van der Waals surface area contributed by atoms with Gasteiger partial charge in [-0.1, -0.05) is 37.3 Å². The lowest BCUT2D eigenvalue weighted by molar-refractivity contribution is -0.121. The lowest BCUT2D eigenvalue weighted by Gasteiger charge is -2.18. The predicted molar refractivity (Wildman–Crippen MR) is 114 cm³/mol. The molecule has 1 N–H and O–H groups in total. The quantitative estimate of drug-likeness (QED) is 0.515. The van der Waals surface area contributed by atoms with E-state index < -0.39 is 17.4 Å². The normalized spacial score (nSPS) is 16.6. The minimum absolute atomic E-state index is 0.0572. The lowest BCUT2D eigenvalue weighted by atomic mass is 9.98. The summed E-state index contributed by atoms with van der Waals surface area (Å²) in [6, 6.07) is 14.6. The van der Waals surface area contributed by atoms with Gasteiger partial charge < -0.3 is 4.42 Å². The molecular weight excluding hydrogens is 396 g/mol. The first-order valence-corrected chi connectivity index (χ1v) is 10.1. The molecule has 2 aromatic carbocycles. The van der Waals surface area contributed by atoms with Crippen LogP contribution in [0.4, 0.5) is 5.69 Å². The number of aromatic nitrogens is 3. The summed E-state index contributed by atoms with van der Waals surface area (Å²) in [5, 5.41) is 2.95. The number of nitrogens with zero attached hydrogens (tertiary/aromatic N) is 3. The molecule has 8 nitrogen and oxygen atoms in total. The van der Waals surface area contributed by atoms with E-state index in [1.54, 1.807) is 31.2 Å². The number of rotatable bonds is 4. The highest BCUT2D eigenvalue weighted by molar-refractivity contribution is 6.23. The number of amides is 2. The molecule has 1 aliphatic heterocycles. The Morgan fingerprint density at radius 1 is 1.10 bits per heavy atom. The van der Waals surface area contributed by atoms with E-state index in [2.05, 4.69) is 10.1 Å². The minimum atomic E-state index is -0.855. The molecule has 0 bridgehead atoms. The first kappa shape index (κ1) is 19.0. The molecule has 3 heterocycles. The number of carbonyl (C=O) groups excluding carboxylic acids is 2. The van der Waals surface area contributed by atoms with E-state index in [1.807, 2.05) is 31.2 Å². The maximum atomic E-state index is 13.3. The number of H-pyrrole nitrogens is 1. The molecule has 1 fully saturated rings. The second kappa shape index (κ2) is 7.09. The predicted octanol–water partition coefficient (Wildman–Crippen LogP) is 3.22. The van der Waals surface area contributed by atoms with Crippen molar-refractivity contribution in [2.45, 2.75) is 32.6 Å². The third-order valence-electron chi connectivity index (χ3n) is 5.70. The average molecular weight is 416 g/mol. The monoisotopic (exact) mass is 416 g/mol. The van der Waals surface area contributed by atoms with Crippen LogP contribution in [0.5, 0.6) is 0 Å². The Hall–Kier alpha value is -3.94. The largest absolute Gasteiger partial charge is 0.422 e. The molecule has 1 aliphatic rings. The second-order valence-corrected chi connectivity index (χ2v) is 7.56. The van der Waals surface area contributed by atoms with Crippen molar-refractivity contribution in [3.05, 3.63) is 75.7 Å². The Kier molecular flexibility index (Phi) is 4.35. The molecule has 2 amide bonds. The summed E-state index contributed by atoms with van der Waals surface area (Å²) in [5.74, 6) is -1.56. The van der Waals surface area contributed by atoms with Crippen LogP contribution in [0.3, 0.4) is 0 Å². The van der Waals surface area contributed by atoms with E-state index in [-0.39, 0.29) is 23.9 Å². The van der Waals surface area contributed by atoms with Crippen molar-refractivity contribution in [1.29, 1.82) is 0 Å². The number of hydrogen-bond acceptors (Lipinski definition) is 5. The number of para-hydroxylation sites is 3. The minimum Gasteiger partial charge on any atom is -0.422 e. The van der Waals surface area contributed by atoms with Gasteiger partial charge in [-0.3, -0.25) is 19.5 Å². The third kappa shape index (κ3) is 2.91. The van der Waals surface area contributed by atoms with Crippen molar-refractivity contribution < 1.29 is 14.0 Å². The number of aromatic amines is 1. The fourth-order valence-electron chi connectivity index (χ4n) is 4.20. The average Bonchev–Trinajstić information content (AvgIpc) is 3.41. The molecular formula is C23H20N4O4. The molecule has 1 atom stereocenters. The fraction of sp³-hybridized carbons (Fsp3) is 0.217. The Morgan fingerprint density at radius 3 is 2.61 bits per heavy atom. The first-order valence-electron chi connectivity index (χ1n) is 10.1. The third-order valence-corrected chi connectivity index (χ3v) is 5.70. The van der Waals surface area contributed by atoms with Crippen LogP contribution in [0.25, 0.3) is 17.1 Å². The van der Waals surface area contributed by atoms with Crippen molar-refractivity contribution in [3.8, 4) is 6.01 Å². The Bertz CT molecular complexity index is 1360. The zero-order chi connectivity index (χ0) is 21.7. The number of benzene rings is 2. The van der Waals surface area contributed by atoms with Crippen molar-refractivity contribution >= 4 is 28.6 Å². The van der Waals surface area contributed by atoms with Crippen LogP contribution in [0.2, 0.25) is 0 Å². The van der Waals surface area contributed by atoms with E-state index in [4.69, 9.17) is 4.42 Å². The van der Waals surface area contributed by atoms with Gasteiger partial charge >= 0.3 is 6.01 Å². The van der Waals surface area contributed by atoms with Crippen LogP contribution < -0.4 is 10.5 Å². The molecule has 1 saturated heterocycles. The summed E-state index contributed by atoms with van der Waals surface area (Å²) < 4.78 is 6.88. The molecule has 4 aromatic rings. The Balaban J connectivity index is 1.56. The highest BCUT2D eigenvalue weighted by Gasteiger charge is 2.43. The number of anilines is 1. The number of fused-ring (bicyclic) bond motifs is 1. The number of oxazole rings is 1. The maximum Gasteiger partial charge on any atom is 0.325 e. The van der Waals surface area contributed by atoms with Crippen LogP contribution in [0.1, 0.15) is 36.1 Å². The van der Waals surface area contributed by atoms with Crippen molar-refractivity contribution in [1.82, 2.24) is 14.8 Å². The standard InChI is InChI=1S/C23H20N4O4/c1-3-14-8-4-6-10-17(14)26-19(28)12-15(21(26)29)20-13(2)25-27(22(20)30)23-24-16-9-5-7-11-18(16)31-23/h4-11,15,25H,3,12H2,1-2H3/t15-/m1/s1. The van der Waals surface area contributed by atoms with Gasteiger partial charge in [-0.2, -0.15) is 9.67 Å². The molecule has 2 aromatic heterocycles. The zero-order valence-corrected chi connectivity index (χ0v) is 17.1. The van der Waals surface area contributed by atoms with Crippen LogP contribution in [-0.2, 0) is 16.0 Å². The molecule has 0 aliphatic carbocycles. The highest BCUT2D eigenvalue weighted by atomic mass is 16.4. The van der Waals surface area contributed by atoms with Crippen LogP contribution in [-0.4, -0.2) is 26.6 Å². The smallest absolute Gasteiger partial charge is 0.325 e. The Morgan fingerprint density at radius 2 is 1.84 bits per heavy atom. The number of nitrogens with one attached hydrogen (secondary N) is 1. The number of aryl methyl sites for hydroxylation is 2. The Labute approximate surface area is 177 Å². The molecule has 0 unspecified atom stereocenters. The maximum absolute atomic E-state index is 13.3. The number of hydrogen-bond donors (Lipinski definition) is 1. The molecule has 8 heteroatoms. The van der Waals surface area contributed by atoms with Gasteiger partial charge in [0.25, 0.3) is 5.56 Å². The molecule has 5 rings (SSSR count). The van der Waals surface area contributed by atoms with E-state index in [9.17, 15) is 14.4 Å². The number of imide groups is 1.